The molecule has 0 aliphatic heterocycles. The van der Waals surface area contributed by atoms with Gasteiger partial charge in [-0.25, -0.2) is 0 Å². The zero-order chi connectivity index (χ0) is 18.0. The fourth-order valence-electron chi connectivity index (χ4n) is 3.27. The highest BCUT2D eigenvalue weighted by Crippen LogP contribution is 2.32. The zero-order valence-electron chi connectivity index (χ0n) is 17.4. The number of allylic oxidation sites excluding steroid dienone is 6. The van der Waals surface area contributed by atoms with Crippen molar-refractivity contribution in [2.45, 2.75) is 88.0 Å². The van der Waals surface area contributed by atoms with Crippen LogP contribution in [0, 0.1) is 23.7 Å². The molecule has 134 valence electrons. The fraction of sp³-hybridized carbons (Fsp3) is 0.739. The van der Waals surface area contributed by atoms with Crippen LogP contribution in [0.25, 0.3) is 0 Å². The summed E-state index contributed by atoms with van der Waals surface area (Å²) in [6.45, 7) is 20.8. The van der Waals surface area contributed by atoms with Gasteiger partial charge < -0.3 is 0 Å². The van der Waals surface area contributed by atoms with Crippen molar-refractivity contribution in [1.82, 2.24) is 0 Å². The van der Waals surface area contributed by atoms with Crippen LogP contribution in [-0.4, -0.2) is 0 Å². The molecule has 0 aliphatic rings. The van der Waals surface area contributed by atoms with Gasteiger partial charge in [-0.05, 0) is 61.5 Å². The minimum Gasteiger partial charge on any atom is -0.0850 e. The van der Waals surface area contributed by atoms with Gasteiger partial charge in [0.1, 0.15) is 0 Å². The van der Waals surface area contributed by atoms with Crippen LogP contribution < -0.4 is 0 Å². The van der Waals surface area contributed by atoms with Crippen LogP contribution in [0.4, 0.5) is 0 Å². The molecular weight excluding hydrogens is 276 g/mol. The molecule has 0 heterocycles. The SMILES string of the molecule is CC=C(CCC(C)C)C(=CC(C(=CCC)CC)C(C)C)C(C)C. The van der Waals surface area contributed by atoms with Crippen molar-refractivity contribution in [1.29, 1.82) is 0 Å². The molecular formula is C23H42. The third kappa shape index (κ3) is 8.04. The van der Waals surface area contributed by atoms with Gasteiger partial charge in [0.25, 0.3) is 0 Å². The first-order chi connectivity index (χ1) is 10.8. The van der Waals surface area contributed by atoms with E-state index < -0.39 is 0 Å². The van der Waals surface area contributed by atoms with E-state index >= 15 is 0 Å². The third-order valence-electron chi connectivity index (χ3n) is 4.71. The molecule has 0 heteroatoms. The second-order valence-corrected chi connectivity index (χ2v) is 7.83. The Balaban J connectivity index is 5.68. The van der Waals surface area contributed by atoms with E-state index in [1.165, 1.54) is 12.8 Å². The maximum absolute atomic E-state index is 2.59. The smallest absolute Gasteiger partial charge is 0.000566 e. The van der Waals surface area contributed by atoms with Gasteiger partial charge in [0.05, 0.1) is 0 Å². The maximum atomic E-state index is 2.59. The molecule has 0 N–H and O–H groups in total. The van der Waals surface area contributed by atoms with E-state index in [2.05, 4.69) is 80.5 Å². The molecule has 1 atom stereocenters. The second-order valence-electron chi connectivity index (χ2n) is 7.83. The van der Waals surface area contributed by atoms with Gasteiger partial charge in [0, 0.05) is 5.92 Å². The monoisotopic (exact) mass is 318 g/mol. The molecule has 0 fully saturated rings. The molecule has 0 saturated heterocycles. The van der Waals surface area contributed by atoms with Crippen LogP contribution in [-0.2, 0) is 0 Å². The largest absolute Gasteiger partial charge is 0.0850 e. The molecule has 1 unspecified atom stereocenters. The maximum Gasteiger partial charge on any atom is 0.000566 e. The van der Waals surface area contributed by atoms with E-state index in [1.807, 2.05) is 0 Å². The Labute approximate surface area is 147 Å². The highest BCUT2D eigenvalue weighted by Gasteiger charge is 2.18. The molecule has 0 radical (unpaired) electrons. The summed E-state index contributed by atoms with van der Waals surface area (Å²) >= 11 is 0. The second kappa shape index (κ2) is 11.7. The normalized spacial score (nSPS) is 15.9. The van der Waals surface area contributed by atoms with E-state index in [0.29, 0.717) is 17.8 Å². The van der Waals surface area contributed by atoms with Gasteiger partial charge in [-0.2, -0.15) is 0 Å². The lowest BCUT2D eigenvalue weighted by atomic mass is 9.80. The third-order valence-corrected chi connectivity index (χ3v) is 4.71. The van der Waals surface area contributed by atoms with Crippen LogP contribution in [0.2, 0.25) is 0 Å². The zero-order valence-corrected chi connectivity index (χ0v) is 17.4. The van der Waals surface area contributed by atoms with Gasteiger partial charge in [0.15, 0.2) is 0 Å². The standard InChI is InChI=1S/C23H42/c1-10-13-20(11-2)22(18(6)7)16-23(19(8)9)21(12-3)15-14-17(4)5/h12-13,16-19,22H,10-11,14-15H2,1-9H3. The summed E-state index contributed by atoms with van der Waals surface area (Å²) in [6.07, 6.45) is 12.2. The molecule has 0 aromatic rings. The Morgan fingerprint density at radius 3 is 1.91 bits per heavy atom. The Morgan fingerprint density at radius 1 is 0.957 bits per heavy atom. The molecule has 0 aliphatic carbocycles. The predicted octanol–water partition coefficient (Wildman–Crippen LogP) is 7.97. The van der Waals surface area contributed by atoms with E-state index in [1.54, 1.807) is 16.7 Å². The summed E-state index contributed by atoms with van der Waals surface area (Å²) in [4.78, 5) is 0. The minimum atomic E-state index is 0.575. The van der Waals surface area contributed by atoms with E-state index in [0.717, 1.165) is 18.8 Å². The molecule has 0 bridgehead atoms. The van der Waals surface area contributed by atoms with Gasteiger partial charge in [-0.3, -0.25) is 0 Å². The molecule has 0 saturated carbocycles. The first kappa shape index (κ1) is 22.2. The summed E-state index contributed by atoms with van der Waals surface area (Å²) < 4.78 is 0. The van der Waals surface area contributed by atoms with Crippen LogP contribution in [0.15, 0.2) is 34.9 Å². The molecule has 23 heavy (non-hydrogen) atoms. The highest BCUT2D eigenvalue weighted by atomic mass is 14.2. The average molecular weight is 319 g/mol. The highest BCUT2D eigenvalue weighted by molar-refractivity contribution is 5.34. The predicted molar refractivity (Wildman–Crippen MR) is 108 cm³/mol. The summed E-state index contributed by atoms with van der Waals surface area (Å²) in [7, 11) is 0. The van der Waals surface area contributed by atoms with E-state index in [4.69, 9.17) is 0 Å². The van der Waals surface area contributed by atoms with Gasteiger partial charge >= 0.3 is 0 Å². The van der Waals surface area contributed by atoms with Gasteiger partial charge in [0.2, 0.25) is 0 Å². The van der Waals surface area contributed by atoms with Crippen LogP contribution in [0.5, 0.6) is 0 Å². The number of rotatable bonds is 10. The number of hydrogen-bond acceptors (Lipinski definition) is 0. The summed E-state index contributed by atoms with van der Waals surface area (Å²) in [6, 6.07) is 0. The van der Waals surface area contributed by atoms with Crippen molar-refractivity contribution < 1.29 is 0 Å². The lowest BCUT2D eigenvalue weighted by Crippen LogP contribution is -2.12. The molecule has 0 amide bonds. The lowest BCUT2D eigenvalue weighted by Gasteiger charge is -2.25. The van der Waals surface area contributed by atoms with Crippen molar-refractivity contribution in [3.05, 3.63) is 34.9 Å². The Morgan fingerprint density at radius 2 is 1.57 bits per heavy atom. The van der Waals surface area contributed by atoms with E-state index in [-0.39, 0.29) is 0 Å². The van der Waals surface area contributed by atoms with Crippen molar-refractivity contribution in [2.24, 2.45) is 23.7 Å². The fourth-order valence-corrected chi connectivity index (χ4v) is 3.27. The Hall–Kier alpha value is -0.780. The van der Waals surface area contributed by atoms with Crippen molar-refractivity contribution >= 4 is 0 Å². The van der Waals surface area contributed by atoms with Gasteiger partial charge in [-0.15, -0.1) is 0 Å². The van der Waals surface area contributed by atoms with Gasteiger partial charge in [-0.1, -0.05) is 79.2 Å². The summed E-state index contributed by atoms with van der Waals surface area (Å²) in [5.74, 6) is 2.59. The van der Waals surface area contributed by atoms with Crippen molar-refractivity contribution in [2.75, 3.05) is 0 Å². The first-order valence-electron chi connectivity index (χ1n) is 9.84. The lowest BCUT2D eigenvalue weighted by molar-refractivity contribution is 0.506. The molecule has 0 spiro atoms. The topological polar surface area (TPSA) is 0 Å². The average Bonchev–Trinajstić information content (AvgIpc) is 2.47. The van der Waals surface area contributed by atoms with Crippen molar-refractivity contribution in [3.63, 3.8) is 0 Å². The minimum absolute atomic E-state index is 0.575. The molecule has 0 aromatic heterocycles. The first-order valence-corrected chi connectivity index (χ1v) is 9.84. The quantitative estimate of drug-likeness (QED) is 0.283. The molecule has 0 nitrogen and oxygen atoms in total. The summed E-state index contributed by atoms with van der Waals surface area (Å²) in [5.41, 5.74) is 4.74. The van der Waals surface area contributed by atoms with E-state index in [9.17, 15) is 0 Å². The Kier molecular flexibility index (Phi) is 11.3. The number of hydrogen-bond donors (Lipinski definition) is 0. The van der Waals surface area contributed by atoms with Crippen molar-refractivity contribution in [3.8, 4) is 0 Å². The molecule has 0 rings (SSSR count). The van der Waals surface area contributed by atoms with Crippen LogP contribution in [0.1, 0.15) is 88.0 Å². The molecule has 0 aromatic carbocycles. The van der Waals surface area contributed by atoms with Crippen LogP contribution in [0.3, 0.4) is 0 Å². The van der Waals surface area contributed by atoms with Crippen LogP contribution >= 0.6 is 0 Å². The summed E-state index contributed by atoms with van der Waals surface area (Å²) in [5, 5.41) is 0. The Bertz CT molecular complexity index is 402.